The number of ether oxygens (including phenoxy) is 1. The fourth-order valence-electron chi connectivity index (χ4n) is 2.47. The first-order chi connectivity index (χ1) is 7.97. The summed E-state index contributed by atoms with van der Waals surface area (Å²) < 4.78 is 5.32. The van der Waals surface area contributed by atoms with Crippen LogP contribution in [-0.2, 0) is 4.74 Å². The smallest absolute Gasteiger partial charge is 0.134 e. The predicted octanol–water partition coefficient (Wildman–Crippen LogP) is 4.00. The Morgan fingerprint density at radius 3 is 2.82 bits per heavy atom. The molecule has 0 radical (unpaired) electrons. The summed E-state index contributed by atoms with van der Waals surface area (Å²) in [6.45, 7) is 8.96. The van der Waals surface area contributed by atoms with Crippen LogP contribution in [0.4, 0.5) is 0 Å². The molecule has 2 heteroatoms. The number of nitrogens with zero attached hydrogens (tertiary/aromatic N) is 1. The van der Waals surface area contributed by atoms with Crippen molar-refractivity contribution >= 4 is 0 Å². The highest BCUT2D eigenvalue weighted by Crippen LogP contribution is 2.40. The van der Waals surface area contributed by atoms with E-state index < -0.39 is 0 Å². The van der Waals surface area contributed by atoms with Gasteiger partial charge in [-0.05, 0) is 44.1 Å². The van der Waals surface area contributed by atoms with E-state index in [0.717, 1.165) is 0 Å². The number of allylic oxidation sites excluding steroid dienone is 3. The Morgan fingerprint density at radius 1 is 1.53 bits per heavy atom. The molecule has 1 aliphatic carbocycles. The molecular formula is C15H23NO. The molecule has 0 bridgehead atoms. The van der Waals surface area contributed by atoms with E-state index in [-0.39, 0.29) is 18.1 Å². The molecule has 0 amide bonds. The Labute approximate surface area is 105 Å². The predicted molar refractivity (Wildman–Crippen MR) is 70.5 cm³/mol. The molecule has 0 heterocycles. The van der Waals surface area contributed by atoms with E-state index in [1.807, 2.05) is 13.0 Å². The van der Waals surface area contributed by atoms with Crippen molar-refractivity contribution in [2.75, 3.05) is 6.61 Å². The Morgan fingerprint density at radius 2 is 2.24 bits per heavy atom. The fraction of sp³-hybridized carbons (Fsp3) is 0.667. The van der Waals surface area contributed by atoms with Crippen molar-refractivity contribution in [3.8, 4) is 6.07 Å². The summed E-state index contributed by atoms with van der Waals surface area (Å²) in [7, 11) is 0. The largest absolute Gasteiger partial charge is 0.360 e. The summed E-state index contributed by atoms with van der Waals surface area (Å²) >= 11 is 0. The van der Waals surface area contributed by atoms with Crippen LogP contribution in [0.2, 0.25) is 0 Å². The van der Waals surface area contributed by atoms with Gasteiger partial charge in [0, 0.05) is 0 Å². The van der Waals surface area contributed by atoms with Crippen LogP contribution in [0.1, 0.15) is 47.0 Å². The van der Waals surface area contributed by atoms with Gasteiger partial charge in [0.25, 0.3) is 0 Å². The van der Waals surface area contributed by atoms with Crippen LogP contribution in [0.5, 0.6) is 0 Å². The van der Waals surface area contributed by atoms with Crippen molar-refractivity contribution in [3.05, 3.63) is 23.3 Å². The van der Waals surface area contributed by atoms with Gasteiger partial charge in [-0.15, -0.1) is 0 Å². The third-order valence-corrected chi connectivity index (χ3v) is 3.49. The average molecular weight is 233 g/mol. The highest BCUT2D eigenvalue weighted by atomic mass is 16.5. The molecule has 0 spiro atoms. The van der Waals surface area contributed by atoms with Crippen molar-refractivity contribution in [1.82, 2.24) is 0 Å². The Bertz CT molecular complexity index is 358. The van der Waals surface area contributed by atoms with Crippen molar-refractivity contribution < 1.29 is 4.74 Å². The van der Waals surface area contributed by atoms with Crippen LogP contribution in [0.25, 0.3) is 0 Å². The first-order valence-corrected chi connectivity index (χ1v) is 6.34. The molecule has 0 aliphatic heterocycles. The zero-order valence-corrected chi connectivity index (χ0v) is 11.4. The van der Waals surface area contributed by atoms with Gasteiger partial charge in [-0.2, -0.15) is 5.26 Å². The van der Waals surface area contributed by atoms with Gasteiger partial charge in [0.15, 0.2) is 0 Å². The molecule has 94 valence electrons. The van der Waals surface area contributed by atoms with Crippen LogP contribution in [-0.4, -0.2) is 12.7 Å². The van der Waals surface area contributed by atoms with E-state index in [4.69, 9.17) is 10.00 Å². The van der Waals surface area contributed by atoms with E-state index >= 15 is 0 Å². The monoisotopic (exact) mass is 233 g/mol. The lowest BCUT2D eigenvalue weighted by molar-refractivity contribution is 0.126. The number of nitriles is 1. The highest BCUT2D eigenvalue weighted by Gasteiger charge is 2.26. The van der Waals surface area contributed by atoms with Gasteiger partial charge >= 0.3 is 0 Å². The molecule has 0 fully saturated rings. The van der Waals surface area contributed by atoms with Crippen LogP contribution in [0.15, 0.2) is 23.3 Å². The van der Waals surface area contributed by atoms with Gasteiger partial charge in [0.2, 0.25) is 0 Å². The highest BCUT2D eigenvalue weighted by molar-refractivity contribution is 5.32. The maximum absolute atomic E-state index is 8.45. The quantitative estimate of drug-likeness (QED) is 0.735. The molecule has 0 N–H and O–H groups in total. The summed E-state index contributed by atoms with van der Waals surface area (Å²) in [5.41, 5.74) is 3.20. The van der Waals surface area contributed by atoms with Crippen LogP contribution >= 0.6 is 0 Å². The molecule has 0 aromatic heterocycles. The molecule has 0 aromatic rings. The Kier molecular flexibility index (Phi) is 4.96. The van der Waals surface area contributed by atoms with E-state index in [1.165, 1.54) is 30.4 Å². The van der Waals surface area contributed by atoms with Crippen LogP contribution < -0.4 is 0 Å². The van der Waals surface area contributed by atoms with Gasteiger partial charge < -0.3 is 4.74 Å². The van der Waals surface area contributed by atoms with Crippen LogP contribution in [0, 0.1) is 16.7 Å². The third-order valence-electron chi connectivity index (χ3n) is 3.49. The summed E-state index contributed by atoms with van der Waals surface area (Å²) in [6.07, 6.45) is 8.00. The molecule has 1 unspecified atom stereocenters. The normalized spacial score (nSPS) is 21.6. The Hall–Kier alpha value is -1.07. The zero-order valence-electron chi connectivity index (χ0n) is 11.4. The van der Waals surface area contributed by atoms with E-state index in [0.29, 0.717) is 0 Å². The maximum Gasteiger partial charge on any atom is 0.134 e. The molecule has 0 saturated heterocycles. The van der Waals surface area contributed by atoms with Crippen molar-refractivity contribution in [2.45, 2.75) is 53.1 Å². The SMILES string of the molecule is CC1=C(/C=C/C(C)OCC#N)C(C)(C)CCC1. The Balaban J connectivity index is 2.72. The van der Waals surface area contributed by atoms with E-state index in [2.05, 4.69) is 32.9 Å². The van der Waals surface area contributed by atoms with Crippen molar-refractivity contribution in [1.29, 1.82) is 5.26 Å². The minimum Gasteiger partial charge on any atom is -0.360 e. The number of rotatable bonds is 4. The van der Waals surface area contributed by atoms with Gasteiger partial charge in [0.1, 0.15) is 6.61 Å². The van der Waals surface area contributed by atoms with Gasteiger partial charge in [-0.25, -0.2) is 0 Å². The first-order valence-electron chi connectivity index (χ1n) is 6.34. The summed E-state index contributed by atoms with van der Waals surface area (Å²) in [6, 6.07) is 1.99. The average Bonchev–Trinajstić information content (AvgIpc) is 2.24. The van der Waals surface area contributed by atoms with Gasteiger partial charge in [-0.1, -0.05) is 31.6 Å². The second-order valence-electron chi connectivity index (χ2n) is 5.46. The van der Waals surface area contributed by atoms with Crippen LogP contribution in [0.3, 0.4) is 0 Å². The minimum absolute atomic E-state index is 0.00711. The zero-order chi connectivity index (χ0) is 12.9. The van der Waals surface area contributed by atoms with E-state index in [1.54, 1.807) is 0 Å². The molecule has 1 aliphatic rings. The topological polar surface area (TPSA) is 33.0 Å². The summed E-state index contributed by atoms with van der Waals surface area (Å²) in [4.78, 5) is 0. The van der Waals surface area contributed by atoms with E-state index in [9.17, 15) is 0 Å². The third kappa shape index (κ3) is 4.02. The van der Waals surface area contributed by atoms with Gasteiger partial charge in [0.05, 0.1) is 12.2 Å². The first kappa shape index (κ1) is 14.0. The second-order valence-corrected chi connectivity index (χ2v) is 5.46. The lowest BCUT2D eigenvalue weighted by Gasteiger charge is -2.33. The molecule has 0 saturated carbocycles. The summed E-state index contributed by atoms with van der Waals surface area (Å²) in [5.74, 6) is 0. The maximum atomic E-state index is 8.45. The molecular weight excluding hydrogens is 210 g/mol. The molecule has 1 atom stereocenters. The number of hydrogen-bond acceptors (Lipinski definition) is 2. The lowest BCUT2D eigenvalue weighted by atomic mass is 9.72. The summed E-state index contributed by atoms with van der Waals surface area (Å²) in [5, 5.41) is 8.45. The molecule has 17 heavy (non-hydrogen) atoms. The standard InChI is InChI=1S/C15H23NO/c1-12-6-5-9-15(3,4)14(12)8-7-13(2)17-11-10-16/h7-8,13H,5-6,9,11H2,1-4H3/b8-7+. The molecule has 0 aromatic carbocycles. The lowest BCUT2D eigenvalue weighted by Crippen LogP contribution is -2.19. The fourth-order valence-corrected chi connectivity index (χ4v) is 2.47. The molecule has 2 nitrogen and oxygen atoms in total. The number of hydrogen-bond donors (Lipinski definition) is 0. The minimum atomic E-state index is 0.00711. The van der Waals surface area contributed by atoms with Crippen molar-refractivity contribution in [3.63, 3.8) is 0 Å². The molecule has 1 rings (SSSR count). The van der Waals surface area contributed by atoms with Crippen molar-refractivity contribution in [2.24, 2.45) is 5.41 Å². The second kappa shape index (κ2) is 6.02. The van der Waals surface area contributed by atoms with Gasteiger partial charge in [-0.3, -0.25) is 0 Å².